The number of halogens is 2. The van der Waals surface area contributed by atoms with E-state index >= 15 is 0 Å². The lowest BCUT2D eigenvalue weighted by Crippen LogP contribution is -2.56. The van der Waals surface area contributed by atoms with E-state index in [1.54, 1.807) is 0 Å². The monoisotopic (exact) mass is 419 g/mol. The first-order chi connectivity index (χ1) is 12.1. The zero-order valence-corrected chi connectivity index (χ0v) is 18.3. The Balaban J connectivity index is 0.00000338. The van der Waals surface area contributed by atoms with Crippen molar-refractivity contribution in [2.45, 2.75) is 39.3 Å². The van der Waals surface area contributed by atoms with E-state index in [0.29, 0.717) is 6.04 Å². The summed E-state index contributed by atoms with van der Waals surface area (Å²) in [5, 5.41) is 0. The van der Waals surface area contributed by atoms with Crippen molar-refractivity contribution in [2.24, 2.45) is 11.7 Å². The first kappa shape index (κ1) is 26.1. The molecule has 1 fully saturated rings. The van der Waals surface area contributed by atoms with Gasteiger partial charge in [0.15, 0.2) is 0 Å². The second kappa shape index (κ2) is 13.3. The quantitative estimate of drug-likeness (QED) is 0.657. The molecule has 1 heterocycles. The van der Waals surface area contributed by atoms with Gasteiger partial charge in [-0.1, -0.05) is 44.2 Å². The standard InChI is InChI=1S/C20H33N3O2.2ClH/c1-4-18-15-23(12-11-22(18)13-14-25-5-2)20(24)16(3)19(21)17-9-7-6-8-10-17;;/h6-10,16,18-19H,4-5,11-15,21H2,1-3H3;2*1H. The van der Waals surface area contributed by atoms with Gasteiger partial charge in [-0.25, -0.2) is 0 Å². The van der Waals surface area contributed by atoms with Crippen LogP contribution in [0.1, 0.15) is 38.8 Å². The van der Waals surface area contributed by atoms with Gasteiger partial charge >= 0.3 is 0 Å². The van der Waals surface area contributed by atoms with Crippen LogP contribution in [0.15, 0.2) is 30.3 Å². The molecule has 3 atom stereocenters. The van der Waals surface area contributed by atoms with Gasteiger partial charge in [0.25, 0.3) is 0 Å². The third-order valence-electron chi connectivity index (χ3n) is 5.23. The number of ether oxygens (including phenoxy) is 1. The predicted molar refractivity (Wildman–Crippen MR) is 116 cm³/mol. The number of nitrogens with two attached hydrogens (primary N) is 1. The molecule has 27 heavy (non-hydrogen) atoms. The van der Waals surface area contributed by atoms with E-state index in [1.165, 1.54) is 0 Å². The lowest BCUT2D eigenvalue weighted by molar-refractivity contribution is -0.139. The van der Waals surface area contributed by atoms with Gasteiger partial charge in [-0.15, -0.1) is 24.8 Å². The predicted octanol–water partition coefficient (Wildman–Crippen LogP) is 3.13. The Hall–Kier alpha value is -0.850. The molecule has 0 bridgehead atoms. The molecule has 0 aromatic heterocycles. The topological polar surface area (TPSA) is 58.8 Å². The van der Waals surface area contributed by atoms with Crippen LogP contribution in [0.2, 0.25) is 0 Å². The highest BCUT2D eigenvalue weighted by molar-refractivity contribution is 5.85. The summed E-state index contributed by atoms with van der Waals surface area (Å²) in [6.45, 7) is 11.1. The SMILES string of the molecule is CCOCCN1CCN(C(=O)C(C)C(N)c2ccccc2)CC1CC.Cl.Cl. The van der Waals surface area contributed by atoms with E-state index in [4.69, 9.17) is 10.5 Å². The van der Waals surface area contributed by atoms with Crippen molar-refractivity contribution < 1.29 is 9.53 Å². The summed E-state index contributed by atoms with van der Waals surface area (Å²) in [6.07, 6.45) is 1.04. The van der Waals surface area contributed by atoms with Crippen molar-refractivity contribution in [3.8, 4) is 0 Å². The minimum absolute atomic E-state index is 0. The largest absolute Gasteiger partial charge is 0.380 e. The highest BCUT2D eigenvalue weighted by Gasteiger charge is 2.32. The zero-order chi connectivity index (χ0) is 18.2. The van der Waals surface area contributed by atoms with Crippen molar-refractivity contribution in [1.29, 1.82) is 0 Å². The van der Waals surface area contributed by atoms with Crippen LogP contribution in [0.4, 0.5) is 0 Å². The molecule has 0 aliphatic carbocycles. The van der Waals surface area contributed by atoms with Crippen LogP contribution in [-0.4, -0.2) is 61.1 Å². The average Bonchev–Trinajstić information content (AvgIpc) is 2.67. The number of benzene rings is 1. The maximum Gasteiger partial charge on any atom is 0.227 e. The summed E-state index contributed by atoms with van der Waals surface area (Å²) in [5.74, 6) is -0.0471. The lowest BCUT2D eigenvalue weighted by Gasteiger charge is -2.42. The molecular formula is C20H35Cl2N3O2. The van der Waals surface area contributed by atoms with E-state index in [2.05, 4.69) is 11.8 Å². The van der Waals surface area contributed by atoms with E-state index in [1.807, 2.05) is 49.1 Å². The number of amides is 1. The van der Waals surface area contributed by atoms with Crippen LogP contribution in [0, 0.1) is 5.92 Å². The molecule has 1 aromatic rings. The molecule has 3 unspecified atom stereocenters. The number of carbonyl (C=O) groups excluding carboxylic acids is 1. The number of nitrogens with zero attached hydrogens (tertiary/aromatic N) is 2. The Morgan fingerprint density at radius 1 is 1.22 bits per heavy atom. The average molecular weight is 420 g/mol. The maximum absolute atomic E-state index is 12.9. The Bertz CT molecular complexity index is 533. The van der Waals surface area contributed by atoms with Crippen molar-refractivity contribution >= 4 is 30.7 Å². The molecule has 0 saturated carbocycles. The molecule has 1 saturated heterocycles. The molecule has 1 aromatic carbocycles. The number of hydrogen-bond donors (Lipinski definition) is 1. The fraction of sp³-hybridized carbons (Fsp3) is 0.650. The van der Waals surface area contributed by atoms with Gasteiger partial charge in [-0.3, -0.25) is 9.69 Å². The third kappa shape index (κ3) is 7.24. The summed E-state index contributed by atoms with van der Waals surface area (Å²) in [5.41, 5.74) is 7.37. The molecule has 2 rings (SSSR count). The van der Waals surface area contributed by atoms with Gasteiger partial charge in [-0.05, 0) is 18.9 Å². The van der Waals surface area contributed by atoms with Crippen LogP contribution in [0.5, 0.6) is 0 Å². The second-order valence-electron chi connectivity index (χ2n) is 6.80. The number of hydrogen-bond acceptors (Lipinski definition) is 4. The molecule has 1 amide bonds. The van der Waals surface area contributed by atoms with Crippen LogP contribution in [0.3, 0.4) is 0 Å². The minimum atomic E-state index is -0.259. The third-order valence-corrected chi connectivity index (χ3v) is 5.23. The zero-order valence-electron chi connectivity index (χ0n) is 16.7. The molecule has 1 aliphatic rings. The number of rotatable bonds is 8. The summed E-state index contributed by atoms with van der Waals surface area (Å²) >= 11 is 0. The van der Waals surface area contributed by atoms with Gasteiger partial charge in [0.1, 0.15) is 0 Å². The molecule has 1 aliphatic heterocycles. The fourth-order valence-electron chi connectivity index (χ4n) is 3.51. The summed E-state index contributed by atoms with van der Waals surface area (Å²) in [7, 11) is 0. The first-order valence-corrected chi connectivity index (χ1v) is 9.49. The Morgan fingerprint density at radius 2 is 1.89 bits per heavy atom. The van der Waals surface area contributed by atoms with Crippen LogP contribution in [-0.2, 0) is 9.53 Å². The van der Waals surface area contributed by atoms with Gasteiger partial charge in [-0.2, -0.15) is 0 Å². The fourth-order valence-corrected chi connectivity index (χ4v) is 3.51. The summed E-state index contributed by atoms with van der Waals surface area (Å²) < 4.78 is 5.48. The summed E-state index contributed by atoms with van der Waals surface area (Å²) in [6, 6.07) is 10.0. The van der Waals surface area contributed by atoms with E-state index in [-0.39, 0.29) is 42.7 Å². The highest BCUT2D eigenvalue weighted by Crippen LogP contribution is 2.23. The van der Waals surface area contributed by atoms with E-state index < -0.39 is 0 Å². The van der Waals surface area contributed by atoms with E-state index in [0.717, 1.165) is 51.4 Å². The molecule has 7 heteroatoms. The van der Waals surface area contributed by atoms with Gasteiger partial charge in [0, 0.05) is 44.9 Å². The van der Waals surface area contributed by atoms with Crippen LogP contribution >= 0.6 is 24.8 Å². The van der Waals surface area contributed by atoms with Gasteiger partial charge < -0.3 is 15.4 Å². The molecule has 5 nitrogen and oxygen atoms in total. The smallest absolute Gasteiger partial charge is 0.227 e. The Morgan fingerprint density at radius 3 is 2.48 bits per heavy atom. The van der Waals surface area contributed by atoms with Crippen LogP contribution in [0.25, 0.3) is 0 Å². The maximum atomic E-state index is 12.9. The normalized spacial score (nSPS) is 19.6. The summed E-state index contributed by atoms with van der Waals surface area (Å²) in [4.78, 5) is 17.4. The van der Waals surface area contributed by atoms with Crippen molar-refractivity contribution in [3.05, 3.63) is 35.9 Å². The van der Waals surface area contributed by atoms with Crippen molar-refractivity contribution in [1.82, 2.24) is 9.80 Å². The lowest BCUT2D eigenvalue weighted by atomic mass is 9.93. The van der Waals surface area contributed by atoms with Gasteiger partial charge in [0.2, 0.25) is 5.91 Å². The Kier molecular flexibility index (Phi) is 12.9. The molecular weight excluding hydrogens is 385 g/mol. The van der Waals surface area contributed by atoms with E-state index in [9.17, 15) is 4.79 Å². The number of piperazine rings is 1. The van der Waals surface area contributed by atoms with Crippen molar-refractivity contribution in [3.63, 3.8) is 0 Å². The first-order valence-electron chi connectivity index (χ1n) is 9.49. The van der Waals surface area contributed by atoms with Gasteiger partial charge in [0.05, 0.1) is 12.5 Å². The molecule has 0 radical (unpaired) electrons. The molecule has 0 spiro atoms. The Labute approximate surface area is 176 Å². The molecule has 156 valence electrons. The van der Waals surface area contributed by atoms with Crippen LogP contribution < -0.4 is 5.73 Å². The number of carbonyl (C=O) groups is 1. The minimum Gasteiger partial charge on any atom is -0.380 e. The highest BCUT2D eigenvalue weighted by atomic mass is 35.5. The van der Waals surface area contributed by atoms with Crippen molar-refractivity contribution in [2.75, 3.05) is 39.4 Å². The molecule has 2 N–H and O–H groups in total. The second-order valence-corrected chi connectivity index (χ2v) is 6.80.